The van der Waals surface area contributed by atoms with E-state index in [0.29, 0.717) is 5.56 Å². The summed E-state index contributed by atoms with van der Waals surface area (Å²) in [6.45, 7) is 1.72. The summed E-state index contributed by atoms with van der Waals surface area (Å²) in [4.78, 5) is 15.7. The number of halogens is 2. The lowest BCUT2D eigenvalue weighted by molar-refractivity contribution is 0.0928. The van der Waals surface area contributed by atoms with Crippen molar-refractivity contribution in [2.75, 3.05) is 0 Å². The van der Waals surface area contributed by atoms with E-state index in [9.17, 15) is 9.18 Å². The zero-order valence-electron chi connectivity index (χ0n) is 9.08. The summed E-state index contributed by atoms with van der Waals surface area (Å²) in [5.41, 5.74) is 0.462. The van der Waals surface area contributed by atoms with Crippen LogP contribution in [0.3, 0.4) is 0 Å². The highest BCUT2D eigenvalue weighted by Gasteiger charge is 2.17. The predicted octanol–water partition coefficient (Wildman–Crippen LogP) is 2.28. The van der Waals surface area contributed by atoms with Crippen LogP contribution in [0.15, 0.2) is 36.9 Å². The molecule has 2 rings (SSSR count). The Labute approximate surface area is 104 Å². The van der Waals surface area contributed by atoms with Gasteiger partial charge in [-0.15, -0.1) is 12.4 Å². The van der Waals surface area contributed by atoms with E-state index < -0.39 is 6.04 Å². The largest absolute Gasteiger partial charge is 0.292 e. The Morgan fingerprint density at radius 1 is 1.35 bits per heavy atom. The van der Waals surface area contributed by atoms with Gasteiger partial charge < -0.3 is 0 Å². The van der Waals surface area contributed by atoms with Crippen molar-refractivity contribution in [2.45, 2.75) is 13.0 Å². The van der Waals surface area contributed by atoms with Crippen LogP contribution in [-0.2, 0) is 0 Å². The number of hydrogen-bond donors (Lipinski definition) is 0. The van der Waals surface area contributed by atoms with E-state index in [1.165, 1.54) is 41.6 Å². The molecule has 0 radical (unpaired) electrons. The van der Waals surface area contributed by atoms with Crippen molar-refractivity contribution >= 4 is 18.2 Å². The van der Waals surface area contributed by atoms with E-state index in [1.54, 1.807) is 6.92 Å². The summed E-state index contributed by atoms with van der Waals surface area (Å²) in [5.74, 6) is -0.476. The first-order valence-corrected chi connectivity index (χ1v) is 4.82. The van der Waals surface area contributed by atoms with Crippen molar-refractivity contribution in [2.24, 2.45) is 0 Å². The maximum atomic E-state index is 12.7. The standard InChI is InChI=1S/C11H10FN3O.ClH/c1-8(15-7-13-6-14-15)11(16)9-2-4-10(12)5-3-9;/h2-8H,1H3;1H. The van der Waals surface area contributed by atoms with Gasteiger partial charge in [0, 0.05) is 5.56 Å². The van der Waals surface area contributed by atoms with E-state index in [1.807, 2.05) is 0 Å². The summed E-state index contributed by atoms with van der Waals surface area (Å²) in [6, 6.07) is 5.02. The van der Waals surface area contributed by atoms with Gasteiger partial charge in [-0.25, -0.2) is 14.1 Å². The summed E-state index contributed by atoms with van der Waals surface area (Å²) < 4.78 is 14.1. The lowest BCUT2D eigenvalue weighted by Gasteiger charge is -2.09. The number of nitrogens with zero attached hydrogens (tertiary/aromatic N) is 3. The number of Topliss-reactive ketones (excluding diaryl/α,β-unsaturated/α-hetero) is 1. The highest BCUT2D eigenvalue weighted by molar-refractivity contribution is 5.98. The highest BCUT2D eigenvalue weighted by Crippen LogP contribution is 2.13. The molecule has 0 spiro atoms. The molecule has 0 aliphatic rings. The van der Waals surface area contributed by atoms with E-state index in [2.05, 4.69) is 10.1 Å². The van der Waals surface area contributed by atoms with Gasteiger partial charge in [0.2, 0.25) is 0 Å². The van der Waals surface area contributed by atoms with Crippen molar-refractivity contribution in [1.82, 2.24) is 14.8 Å². The Kier molecular flexibility index (Phi) is 4.34. The lowest BCUT2D eigenvalue weighted by atomic mass is 10.1. The van der Waals surface area contributed by atoms with Gasteiger partial charge in [0.1, 0.15) is 24.5 Å². The Morgan fingerprint density at radius 3 is 2.53 bits per heavy atom. The number of hydrogen-bond acceptors (Lipinski definition) is 3. The first-order valence-electron chi connectivity index (χ1n) is 4.82. The Hall–Kier alpha value is -1.75. The number of rotatable bonds is 3. The van der Waals surface area contributed by atoms with Gasteiger partial charge in [-0.1, -0.05) is 0 Å². The van der Waals surface area contributed by atoms with Crippen LogP contribution in [0.5, 0.6) is 0 Å². The maximum absolute atomic E-state index is 12.7. The Morgan fingerprint density at radius 2 is 2.00 bits per heavy atom. The zero-order chi connectivity index (χ0) is 11.5. The van der Waals surface area contributed by atoms with Gasteiger partial charge in [0.25, 0.3) is 0 Å². The molecule has 0 aliphatic heterocycles. The summed E-state index contributed by atoms with van der Waals surface area (Å²) in [7, 11) is 0. The van der Waals surface area contributed by atoms with E-state index in [0.717, 1.165) is 0 Å². The second-order valence-corrected chi connectivity index (χ2v) is 3.42. The fraction of sp³-hybridized carbons (Fsp3) is 0.182. The number of benzene rings is 1. The fourth-order valence-corrected chi connectivity index (χ4v) is 1.39. The molecular weight excluding hydrogens is 245 g/mol. The van der Waals surface area contributed by atoms with Crippen LogP contribution in [0.4, 0.5) is 4.39 Å². The number of aromatic nitrogens is 3. The molecule has 0 saturated heterocycles. The van der Waals surface area contributed by atoms with E-state index in [-0.39, 0.29) is 24.0 Å². The minimum Gasteiger partial charge on any atom is -0.292 e. The van der Waals surface area contributed by atoms with Crippen molar-refractivity contribution in [1.29, 1.82) is 0 Å². The summed E-state index contributed by atoms with van der Waals surface area (Å²) >= 11 is 0. The molecule has 4 nitrogen and oxygen atoms in total. The average molecular weight is 256 g/mol. The van der Waals surface area contributed by atoms with Crippen LogP contribution in [0.1, 0.15) is 23.3 Å². The van der Waals surface area contributed by atoms with Crippen molar-refractivity contribution in [3.8, 4) is 0 Å². The number of carbonyl (C=O) groups excluding carboxylic acids is 1. The molecule has 1 aromatic heterocycles. The van der Waals surface area contributed by atoms with Crippen molar-refractivity contribution < 1.29 is 9.18 Å². The molecule has 17 heavy (non-hydrogen) atoms. The van der Waals surface area contributed by atoms with Gasteiger partial charge in [-0.2, -0.15) is 5.10 Å². The predicted molar refractivity (Wildman–Crippen MR) is 62.7 cm³/mol. The maximum Gasteiger partial charge on any atom is 0.187 e. The molecule has 1 atom stereocenters. The normalized spacial score (nSPS) is 11.6. The first kappa shape index (κ1) is 13.3. The topological polar surface area (TPSA) is 47.8 Å². The van der Waals surface area contributed by atoms with Gasteiger partial charge in [-0.05, 0) is 31.2 Å². The SMILES string of the molecule is CC(C(=O)c1ccc(F)cc1)n1cncn1.Cl. The van der Waals surface area contributed by atoms with Gasteiger partial charge in [0.05, 0.1) is 0 Å². The third kappa shape index (κ3) is 2.88. The molecular formula is C11H11ClFN3O. The molecule has 1 unspecified atom stereocenters. The molecule has 0 aliphatic carbocycles. The smallest absolute Gasteiger partial charge is 0.187 e. The third-order valence-electron chi connectivity index (χ3n) is 2.34. The molecule has 0 fully saturated rings. The van der Waals surface area contributed by atoms with Crippen LogP contribution in [0.2, 0.25) is 0 Å². The molecule has 2 aromatic rings. The Balaban J connectivity index is 0.00000144. The number of carbonyl (C=O) groups is 1. The fourth-order valence-electron chi connectivity index (χ4n) is 1.39. The Bertz CT molecular complexity index is 484. The molecule has 1 heterocycles. The van der Waals surface area contributed by atoms with Gasteiger partial charge in [-0.3, -0.25) is 4.79 Å². The monoisotopic (exact) mass is 255 g/mol. The average Bonchev–Trinajstić information content (AvgIpc) is 2.81. The van der Waals surface area contributed by atoms with Gasteiger partial charge in [0.15, 0.2) is 5.78 Å². The van der Waals surface area contributed by atoms with Gasteiger partial charge >= 0.3 is 0 Å². The first-order chi connectivity index (χ1) is 7.68. The molecule has 90 valence electrons. The van der Waals surface area contributed by atoms with E-state index >= 15 is 0 Å². The van der Waals surface area contributed by atoms with Crippen LogP contribution < -0.4 is 0 Å². The molecule has 0 bridgehead atoms. The molecule has 6 heteroatoms. The minimum absolute atomic E-state index is 0. The quantitative estimate of drug-likeness (QED) is 0.791. The van der Waals surface area contributed by atoms with Crippen LogP contribution >= 0.6 is 12.4 Å². The molecule has 1 aromatic carbocycles. The van der Waals surface area contributed by atoms with Crippen molar-refractivity contribution in [3.05, 3.63) is 48.3 Å². The summed E-state index contributed by atoms with van der Waals surface area (Å²) in [5, 5.41) is 3.89. The van der Waals surface area contributed by atoms with Crippen molar-refractivity contribution in [3.63, 3.8) is 0 Å². The minimum atomic E-state index is -0.437. The molecule has 0 N–H and O–H groups in total. The zero-order valence-corrected chi connectivity index (χ0v) is 9.89. The number of ketones is 1. The molecule has 0 saturated carbocycles. The third-order valence-corrected chi connectivity index (χ3v) is 2.34. The molecule has 0 amide bonds. The second kappa shape index (κ2) is 5.54. The van der Waals surface area contributed by atoms with E-state index in [4.69, 9.17) is 0 Å². The van der Waals surface area contributed by atoms with Crippen LogP contribution in [0, 0.1) is 5.82 Å². The lowest BCUT2D eigenvalue weighted by Crippen LogP contribution is -2.17. The highest BCUT2D eigenvalue weighted by atomic mass is 35.5. The summed E-state index contributed by atoms with van der Waals surface area (Å²) in [6.07, 6.45) is 2.85. The van der Waals surface area contributed by atoms with Crippen LogP contribution in [0.25, 0.3) is 0 Å². The van der Waals surface area contributed by atoms with Crippen LogP contribution in [-0.4, -0.2) is 20.5 Å². The second-order valence-electron chi connectivity index (χ2n) is 3.42.